The molecular formula is C14H15Cl2N3O. The average molecular weight is 312 g/mol. The van der Waals surface area contributed by atoms with Gasteiger partial charge in [0.15, 0.2) is 0 Å². The third kappa shape index (κ3) is 2.50. The number of benzene rings is 1. The molecule has 0 atom stereocenters. The standard InChI is InChI=1S/C14H15Cl2N3O/c1-8(20)19-4-2-9(3-5-19)14-17-12-6-10(15)11(16)7-13(12)18-14/h6-7,9H,2-5H2,1H3,(H,17,18). The van der Waals surface area contributed by atoms with Gasteiger partial charge in [0.1, 0.15) is 5.82 Å². The van der Waals surface area contributed by atoms with E-state index in [0.29, 0.717) is 16.0 Å². The third-order valence-electron chi connectivity index (χ3n) is 3.87. The molecule has 1 N–H and O–H groups in total. The van der Waals surface area contributed by atoms with Crippen molar-refractivity contribution in [1.82, 2.24) is 14.9 Å². The Kier molecular flexibility index (Phi) is 3.61. The fourth-order valence-electron chi connectivity index (χ4n) is 2.69. The lowest BCUT2D eigenvalue weighted by molar-refractivity contribution is -0.129. The maximum Gasteiger partial charge on any atom is 0.219 e. The molecule has 0 saturated carbocycles. The average Bonchev–Trinajstić information content (AvgIpc) is 2.82. The van der Waals surface area contributed by atoms with Crippen LogP contribution in [0.1, 0.15) is 31.5 Å². The van der Waals surface area contributed by atoms with Gasteiger partial charge in [-0.15, -0.1) is 0 Å². The molecule has 1 saturated heterocycles. The molecule has 1 aromatic carbocycles. The van der Waals surface area contributed by atoms with Crippen LogP contribution >= 0.6 is 23.2 Å². The first kappa shape index (κ1) is 13.7. The zero-order valence-corrected chi connectivity index (χ0v) is 12.6. The van der Waals surface area contributed by atoms with Gasteiger partial charge in [-0.1, -0.05) is 23.2 Å². The van der Waals surface area contributed by atoms with Gasteiger partial charge in [-0.05, 0) is 25.0 Å². The zero-order chi connectivity index (χ0) is 14.3. The first-order chi connectivity index (χ1) is 9.54. The minimum atomic E-state index is 0.145. The number of hydrogen-bond acceptors (Lipinski definition) is 2. The van der Waals surface area contributed by atoms with Gasteiger partial charge in [0, 0.05) is 25.9 Å². The molecule has 106 valence electrons. The van der Waals surface area contributed by atoms with Gasteiger partial charge in [-0.25, -0.2) is 4.98 Å². The number of fused-ring (bicyclic) bond motifs is 1. The van der Waals surface area contributed by atoms with Gasteiger partial charge >= 0.3 is 0 Å². The zero-order valence-electron chi connectivity index (χ0n) is 11.1. The molecule has 3 rings (SSSR count). The Balaban J connectivity index is 1.83. The Labute approximate surface area is 127 Å². The SMILES string of the molecule is CC(=O)N1CCC(c2nc3cc(Cl)c(Cl)cc3[nH]2)CC1. The van der Waals surface area contributed by atoms with Crippen molar-refractivity contribution in [1.29, 1.82) is 0 Å². The molecule has 1 aliphatic heterocycles. The minimum absolute atomic E-state index is 0.145. The number of nitrogens with one attached hydrogen (secondary N) is 1. The van der Waals surface area contributed by atoms with Gasteiger partial charge in [0.2, 0.25) is 5.91 Å². The van der Waals surface area contributed by atoms with Crippen LogP contribution < -0.4 is 0 Å². The number of nitrogens with zero attached hydrogens (tertiary/aromatic N) is 2. The largest absolute Gasteiger partial charge is 0.343 e. The van der Waals surface area contributed by atoms with E-state index in [9.17, 15) is 4.79 Å². The maximum absolute atomic E-state index is 11.3. The first-order valence-electron chi connectivity index (χ1n) is 6.65. The van der Waals surface area contributed by atoms with E-state index in [1.54, 1.807) is 19.1 Å². The number of carbonyl (C=O) groups excluding carboxylic acids is 1. The number of aromatic amines is 1. The van der Waals surface area contributed by atoms with Crippen LogP contribution in [0.5, 0.6) is 0 Å². The first-order valence-corrected chi connectivity index (χ1v) is 7.40. The van der Waals surface area contributed by atoms with E-state index >= 15 is 0 Å². The quantitative estimate of drug-likeness (QED) is 0.874. The predicted octanol–water partition coefficient (Wildman–Crippen LogP) is 3.60. The highest BCUT2D eigenvalue weighted by Gasteiger charge is 2.24. The van der Waals surface area contributed by atoms with Gasteiger partial charge in [-0.3, -0.25) is 4.79 Å². The van der Waals surface area contributed by atoms with Gasteiger partial charge in [-0.2, -0.15) is 0 Å². The molecule has 0 unspecified atom stereocenters. The molecule has 0 aliphatic carbocycles. The summed E-state index contributed by atoms with van der Waals surface area (Å²) in [4.78, 5) is 21.1. The molecular weight excluding hydrogens is 297 g/mol. The number of imidazole rings is 1. The topological polar surface area (TPSA) is 49.0 Å². The fraction of sp³-hybridized carbons (Fsp3) is 0.429. The van der Waals surface area contributed by atoms with Gasteiger partial charge < -0.3 is 9.88 Å². The van der Waals surface area contributed by atoms with Crippen LogP contribution in [-0.2, 0) is 4.79 Å². The maximum atomic E-state index is 11.3. The van der Waals surface area contributed by atoms with E-state index in [1.807, 2.05) is 4.90 Å². The summed E-state index contributed by atoms with van der Waals surface area (Å²) < 4.78 is 0. The summed E-state index contributed by atoms with van der Waals surface area (Å²) >= 11 is 12.0. The molecule has 1 aliphatic rings. The smallest absolute Gasteiger partial charge is 0.219 e. The lowest BCUT2D eigenvalue weighted by atomic mass is 9.96. The van der Waals surface area contributed by atoms with Crippen molar-refractivity contribution in [2.45, 2.75) is 25.7 Å². The second-order valence-electron chi connectivity index (χ2n) is 5.19. The van der Waals surface area contributed by atoms with E-state index in [0.717, 1.165) is 42.8 Å². The summed E-state index contributed by atoms with van der Waals surface area (Å²) in [6.07, 6.45) is 1.86. The number of likely N-dealkylation sites (tertiary alicyclic amines) is 1. The lowest BCUT2D eigenvalue weighted by Crippen LogP contribution is -2.36. The lowest BCUT2D eigenvalue weighted by Gasteiger charge is -2.30. The molecule has 0 spiro atoms. The molecule has 2 heterocycles. The number of piperidine rings is 1. The number of halogens is 2. The van der Waals surface area contributed by atoms with Crippen LogP contribution in [-0.4, -0.2) is 33.9 Å². The molecule has 0 radical (unpaired) electrons. The molecule has 4 nitrogen and oxygen atoms in total. The third-order valence-corrected chi connectivity index (χ3v) is 4.59. The highest BCUT2D eigenvalue weighted by Crippen LogP contribution is 2.31. The molecule has 2 aromatic rings. The second kappa shape index (κ2) is 5.26. The van der Waals surface area contributed by atoms with Crippen LogP contribution in [0.4, 0.5) is 0 Å². The highest BCUT2D eigenvalue weighted by atomic mass is 35.5. The fourth-order valence-corrected chi connectivity index (χ4v) is 3.01. The molecule has 0 bridgehead atoms. The number of rotatable bonds is 1. The Morgan fingerprint density at radius 3 is 2.60 bits per heavy atom. The number of amides is 1. The number of carbonyl (C=O) groups is 1. The number of H-pyrrole nitrogens is 1. The van der Waals surface area contributed by atoms with Crippen molar-refractivity contribution in [2.24, 2.45) is 0 Å². The van der Waals surface area contributed by atoms with E-state index in [4.69, 9.17) is 23.2 Å². The summed E-state index contributed by atoms with van der Waals surface area (Å²) in [5, 5.41) is 1.05. The monoisotopic (exact) mass is 311 g/mol. The summed E-state index contributed by atoms with van der Waals surface area (Å²) in [6.45, 7) is 3.20. The van der Waals surface area contributed by atoms with Crippen LogP contribution in [0.3, 0.4) is 0 Å². The summed E-state index contributed by atoms with van der Waals surface area (Å²) in [5.74, 6) is 1.46. The van der Waals surface area contributed by atoms with E-state index in [1.165, 1.54) is 0 Å². The normalized spacial score (nSPS) is 16.9. The van der Waals surface area contributed by atoms with Crippen LogP contribution in [0, 0.1) is 0 Å². The molecule has 20 heavy (non-hydrogen) atoms. The van der Waals surface area contributed by atoms with Crippen molar-refractivity contribution < 1.29 is 4.79 Å². The van der Waals surface area contributed by atoms with Gasteiger partial charge in [0.05, 0.1) is 21.1 Å². The Morgan fingerprint density at radius 1 is 1.30 bits per heavy atom. The van der Waals surface area contributed by atoms with Crippen molar-refractivity contribution in [3.05, 3.63) is 28.0 Å². The van der Waals surface area contributed by atoms with Crippen molar-refractivity contribution in [3.8, 4) is 0 Å². The Bertz CT molecular complexity index is 621. The van der Waals surface area contributed by atoms with Crippen molar-refractivity contribution in [3.63, 3.8) is 0 Å². The molecule has 6 heteroatoms. The molecule has 1 amide bonds. The molecule has 1 aromatic heterocycles. The summed E-state index contributed by atoms with van der Waals surface area (Å²) in [7, 11) is 0. The Morgan fingerprint density at radius 2 is 1.95 bits per heavy atom. The van der Waals surface area contributed by atoms with Crippen LogP contribution in [0.2, 0.25) is 10.0 Å². The van der Waals surface area contributed by atoms with E-state index in [-0.39, 0.29) is 5.91 Å². The number of aromatic nitrogens is 2. The van der Waals surface area contributed by atoms with Crippen LogP contribution in [0.15, 0.2) is 12.1 Å². The Hall–Kier alpha value is -1.26. The number of hydrogen-bond donors (Lipinski definition) is 1. The van der Waals surface area contributed by atoms with Crippen LogP contribution in [0.25, 0.3) is 11.0 Å². The highest BCUT2D eigenvalue weighted by molar-refractivity contribution is 6.42. The minimum Gasteiger partial charge on any atom is -0.343 e. The predicted molar refractivity (Wildman–Crippen MR) is 80.3 cm³/mol. The summed E-state index contributed by atoms with van der Waals surface area (Å²) in [6, 6.07) is 3.59. The van der Waals surface area contributed by atoms with Crippen molar-refractivity contribution in [2.75, 3.05) is 13.1 Å². The van der Waals surface area contributed by atoms with Crippen molar-refractivity contribution >= 4 is 40.1 Å². The van der Waals surface area contributed by atoms with E-state index < -0.39 is 0 Å². The van der Waals surface area contributed by atoms with E-state index in [2.05, 4.69) is 9.97 Å². The molecule has 1 fully saturated rings. The summed E-state index contributed by atoms with van der Waals surface area (Å²) in [5.41, 5.74) is 1.74. The second-order valence-corrected chi connectivity index (χ2v) is 6.00. The van der Waals surface area contributed by atoms with Gasteiger partial charge in [0.25, 0.3) is 0 Å².